The van der Waals surface area contributed by atoms with E-state index in [1.165, 1.54) is 135 Å². The number of carbonyl (C=O) groups is 3. The first-order chi connectivity index (χ1) is 39.0. The molecule has 0 aliphatic rings. The molecule has 0 N–H and O–H groups in total. The normalized spacial score (nSPS) is 12.9. The number of unbranched alkanes of at least 4 members (excludes halogenated alkanes) is 28. The van der Waals surface area contributed by atoms with Crippen LogP contribution in [0, 0.1) is 0 Å². The van der Waals surface area contributed by atoms with Crippen LogP contribution in [-0.4, -0.2) is 37.2 Å². The molecule has 0 saturated heterocycles. The minimum absolute atomic E-state index is 0.0968. The maximum atomic E-state index is 12.9. The van der Waals surface area contributed by atoms with E-state index in [2.05, 4.69) is 142 Å². The fraction of sp³-hybridized carbons (Fsp3) is 0.685. The summed E-state index contributed by atoms with van der Waals surface area (Å²) >= 11 is 0. The van der Waals surface area contributed by atoms with Gasteiger partial charge in [0.1, 0.15) is 13.2 Å². The summed E-state index contributed by atoms with van der Waals surface area (Å²) in [6.07, 6.45) is 92.3. The van der Waals surface area contributed by atoms with E-state index < -0.39 is 6.10 Å². The Labute approximate surface area is 488 Å². The second kappa shape index (κ2) is 66.3. The molecule has 6 heteroatoms. The van der Waals surface area contributed by atoms with Crippen molar-refractivity contribution in [2.45, 2.75) is 309 Å². The highest BCUT2D eigenvalue weighted by atomic mass is 16.6. The summed E-state index contributed by atoms with van der Waals surface area (Å²) in [4.78, 5) is 38.2. The standard InChI is InChI=1S/C73H122O6/c1-4-7-10-13-16-19-22-25-27-28-29-30-31-32-33-34-35-36-37-38-39-40-41-42-43-44-46-48-51-54-57-60-63-66-72(75)78-69-70(68-77-71(74)65-62-59-56-53-50-47-24-21-18-15-12-9-6-3)79-73(76)67-64-61-58-55-52-49-45-26-23-20-17-14-11-8-5-2/h7-8,10-11,16-17,19-21,24-27,29-30,32-33,45,52,55,70H,4-6,9,12-15,18,22-23,28,31,34-44,46-51,53-54,56-69H2,1-3H3/b10-7-,11-8-,19-16-,20-17-,24-21-,27-25-,30-29-,33-32-,45-26-,55-52-. The number of allylic oxidation sites excluding steroid dienone is 20. The largest absolute Gasteiger partial charge is 0.462 e. The Morgan fingerprint density at radius 3 is 0.810 bits per heavy atom. The molecule has 0 saturated carbocycles. The lowest BCUT2D eigenvalue weighted by Crippen LogP contribution is -2.30. The second-order valence-corrected chi connectivity index (χ2v) is 21.6. The average molecular weight is 1100 g/mol. The van der Waals surface area contributed by atoms with Crippen LogP contribution >= 0.6 is 0 Å². The minimum atomic E-state index is -0.804. The van der Waals surface area contributed by atoms with Gasteiger partial charge in [-0.2, -0.15) is 0 Å². The monoisotopic (exact) mass is 1090 g/mol. The van der Waals surface area contributed by atoms with Gasteiger partial charge in [-0.15, -0.1) is 0 Å². The maximum Gasteiger partial charge on any atom is 0.306 e. The third kappa shape index (κ3) is 64.5. The lowest BCUT2D eigenvalue weighted by molar-refractivity contribution is -0.167. The van der Waals surface area contributed by atoms with Gasteiger partial charge in [0.2, 0.25) is 0 Å². The third-order valence-corrected chi connectivity index (χ3v) is 13.9. The molecule has 0 heterocycles. The minimum Gasteiger partial charge on any atom is -0.462 e. The Morgan fingerprint density at radius 2 is 0.494 bits per heavy atom. The number of ether oxygens (including phenoxy) is 3. The first-order valence-electron chi connectivity index (χ1n) is 33.0. The van der Waals surface area contributed by atoms with Gasteiger partial charge in [-0.05, 0) is 128 Å². The summed E-state index contributed by atoms with van der Waals surface area (Å²) in [5.41, 5.74) is 0. The van der Waals surface area contributed by atoms with Crippen LogP contribution in [0.4, 0.5) is 0 Å². The van der Waals surface area contributed by atoms with Crippen molar-refractivity contribution in [1.82, 2.24) is 0 Å². The highest BCUT2D eigenvalue weighted by Crippen LogP contribution is 2.16. The van der Waals surface area contributed by atoms with Crippen LogP contribution in [-0.2, 0) is 28.6 Å². The number of hydrogen-bond acceptors (Lipinski definition) is 6. The van der Waals surface area contributed by atoms with Crippen LogP contribution in [0.2, 0.25) is 0 Å². The zero-order chi connectivity index (χ0) is 57.1. The molecule has 79 heavy (non-hydrogen) atoms. The maximum absolute atomic E-state index is 12.9. The van der Waals surface area contributed by atoms with Gasteiger partial charge >= 0.3 is 17.9 Å². The predicted octanol–water partition coefficient (Wildman–Crippen LogP) is 22.8. The molecule has 0 fully saturated rings. The Balaban J connectivity index is 4.19. The van der Waals surface area contributed by atoms with Crippen molar-refractivity contribution >= 4 is 17.9 Å². The highest BCUT2D eigenvalue weighted by Gasteiger charge is 2.19. The van der Waals surface area contributed by atoms with E-state index >= 15 is 0 Å². The van der Waals surface area contributed by atoms with Gasteiger partial charge in [-0.3, -0.25) is 14.4 Å². The van der Waals surface area contributed by atoms with E-state index in [0.717, 1.165) is 122 Å². The van der Waals surface area contributed by atoms with Gasteiger partial charge in [-0.1, -0.05) is 277 Å². The molecule has 0 aliphatic carbocycles. The van der Waals surface area contributed by atoms with E-state index in [1.54, 1.807) is 0 Å². The van der Waals surface area contributed by atoms with Gasteiger partial charge in [-0.25, -0.2) is 0 Å². The van der Waals surface area contributed by atoms with Crippen molar-refractivity contribution in [2.24, 2.45) is 0 Å². The molecule has 0 spiro atoms. The molecule has 0 rings (SSSR count). The molecule has 1 atom stereocenters. The van der Waals surface area contributed by atoms with Crippen molar-refractivity contribution in [3.05, 3.63) is 122 Å². The van der Waals surface area contributed by atoms with Crippen molar-refractivity contribution in [3.8, 4) is 0 Å². The zero-order valence-corrected chi connectivity index (χ0v) is 51.6. The Bertz CT molecular complexity index is 1640. The number of esters is 3. The third-order valence-electron chi connectivity index (χ3n) is 13.9. The molecule has 0 amide bonds. The van der Waals surface area contributed by atoms with Gasteiger partial charge < -0.3 is 14.2 Å². The highest BCUT2D eigenvalue weighted by molar-refractivity contribution is 5.71. The number of hydrogen-bond donors (Lipinski definition) is 0. The van der Waals surface area contributed by atoms with Crippen LogP contribution in [0.25, 0.3) is 0 Å². The summed E-state index contributed by atoms with van der Waals surface area (Å²) in [6, 6.07) is 0. The molecule has 450 valence electrons. The van der Waals surface area contributed by atoms with Crippen molar-refractivity contribution in [3.63, 3.8) is 0 Å². The molecule has 0 bridgehead atoms. The van der Waals surface area contributed by atoms with E-state index in [-0.39, 0.29) is 37.5 Å². The first-order valence-corrected chi connectivity index (χ1v) is 33.0. The predicted molar refractivity (Wildman–Crippen MR) is 343 cm³/mol. The molecule has 0 aromatic heterocycles. The van der Waals surface area contributed by atoms with Gasteiger partial charge in [0.15, 0.2) is 6.10 Å². The van der Waals surface area contributed by atoms with E-state index in [9.17, 15) is 14.4 Å². The quantitative estimate of drug-likeness (QED) is 0.0261. The summed E-state index contributed by atoms with van der Waals surface area (Å²) in [6.45, 7) is 6.37. The molecule has 6 nitrogen and oxygen atoms in total. The summed E-state index contributed by atoms with van der Waals surface area (Å²) < 4.78 is 16.9. The molecule has 0 radical (unpaired) electrons. The van der Waals surface area contributed by atoms with E-state index in [4.69, 9.17) is 14.2 Å². The molecular weight excluding hydrogens is 973 g/mol. The first kappa shape index (κ1) is 74.8. The van der Waals surface area contributed by atoms with Crippen LogP contribution in [0.5, 0.6) is 0 Å². The second-order valence-electron chi connectivity index (χ2n) is 21.6. The smallest absolute Gasteiger partial charge is 0.306 e. The Kier molecular flexibility index (Phi) is 62.8. The van der Waals surface area contributed by atoms with Crippen molar-refractivity contribution in [1.29, 1.82) is 0 Å². The molecule has 0 aromatic rings. The topological polar surface area (TPSA) is 78.9 Å². The van der Waals surface area contributed by atoms with Gasteiger partial charge in [0, 0.05) is 19.3 Å². The van der Waals surface area contributed by atoms with Crippen LogP contribution in [0.3, 0.4) is 0 Å². The van der Waals surface area contributed by atoms with E-state index in [1.807, 2.05) is 0 Å². The van der Waals surface area contributed by atoms with Crippen LogP contribution in [0.1, 0.15) is 303 Å². The van der Waals surface area contributed by atoms with Gasteiger partial charge in [0.25, 0.3) is 0 Å². The lowest BCUT2D eigenvalue weighted by atomic mass is 10.0. The number of carbonyl (C=O) groups excluding carboxylic acids is 3. The summed E-state index contributed by atoms with van der Waals surface area (Å²) in [7, 11) is 0. The SMILES string of the molecule is CC/C=C\C/C=C\C/C=C\C/C=C\C/C=C\CCCCCCCCCCCCCCCCCCCC(=O)OCC(COC(=O)CCCCCCC/C=C\CCCCCC)OC(=O)CCCC/C=C\C/C=C\C/C=C\C/C=C\CC. The lowest BCUT2D eigenvalue weighted by Gasteiger charge is -2.18. The Hall–Kier alpha value is -4.19. The van der Waals surface area contributed by atoms with Crippen molar-refractivity contribution < 1.29 is 28.6 Å². The molecular formula is C73H122O6. The summed E-state index contributed by atoms with van der Waals surface area (Å²) in [5.74, 6) is -0.941. The zero-order valence-electron chi connectivity index (χ0n) is 51.6. The molecule has 1 unspecified atom stereocenters. The summed E-state index contributed by atoms with van der Waals surface area (Å²) in [5, 5.41) is 0. The molecule has 0 aromatic carbocycles. The van der Waals surface area contributed by atoms with Gasteiger partial charge in [0.05, 0.1) is 0 Å². The fourth-order valence-electron chi connectivity index (χ4n) is 9.04. The van der Waals surface area contributed by atoms with E-state index in [0.29, 0.717) is 19.3 Å². The van der Waals surface area contributed by atoms with Crippen molar-refractivity contribution in [2.75, 3.05) is 13.2 Å². The fourth-order valence-corrected chi connectivity index (χ4v) is 9.04. The Morgan fingerprint density at radius 1 is 0.266 bits per heavy atom. The molecule has 0 aliphatic heterocycles. The van der Waals surface area contributed by atoms with Crippen LogP contribution < -0.4 is 0 Å². The average Bonchev–Trinajstić information content (AvgIpc) is 3.45. The van der Waals surface area contributed by atoms with Crippen LogP contribution in [0.15, 0.2) is 122 Å². The number of rotatable bonds is 59.